The second-order valence-corrected chi connectivity index (χ2v) is 3.75. The van der Waals surface area contributed by atoms with E-state index in [0.29, 0.717) is 0 Å². The molecular weight excluding hydrogens is 271 g/mol. The van der Waals surface area contributed by atoms with Gasteiger partial charge < -0.3 is 25.5 Å². The van der Waals surface area contributed by atoms with Crippen LogP contribution in [0.25, 0.3) is 0 Å². The van der Waals surface area contributed by atoms with Gasteiger partial charge in [-0.05, 0) is 0 Å². The first-order chi connectivity index (χ1) is 8.04. The Kier molecular flexibility index (Phi) is 7.11. The zero-order chi connectivity index (χ0) is 12.6. The SMILES string of the molecule is O.O=c1ccn([C@@H]2O[C@H](CO)[C@@H](O)[C@H]2O)c(=O)[nH]1.[NaH]. The van der Waals surface area contributed by atoms with Crippen LogP contribution in [-0.4, -0.2) is 84.8 Å². The van der Waals surface area contributed by atoms with Gasteiger partial charge in [-0.1, -0.05) is 0 Å². The van der Waals surface area contributed by atoms with Crippen LogP contribution in [0.15, 0.2) is 21.9 Å². The zero-order valence-electron chi connectivity index (χ0n) is 9.18. The molecule has 0 unspecified atom stereocenters. The molecule has 6 N–H and O–H groups in total. The van der Waals surface area contributed by atoms with Crippen LogP contribution in [-0.2, 0) is 4.74 Å². The van der Waals surface area contributed by atoms with Crippen LogP contribution >= 0.6 is 0 Å². The van der Waals surface area contributed by atoms with E-state index in [1.807, 2.05) is 4.98 Å². The van der Waals surface area contributed by atoms with Crippen LogP contribution in [0.1, 0.15) is 6.23 Å². The van der Waals surface area contributed by atoms with Crippen LogP contribution in [0.2, 0.25) is 0 Å². The molecule has 1 aromatic rings. The van der Waals surface area contributed by atoms with E-state index in [9.17, 15) is 19.8 Å². The monoisotopic (exact) mass is 286 g/mol. The molecule has 0 aromatic carbocycles. The molecule has 2 heterocycles. The molecule has 104 valence electrons. The molecule has 0 amide bonds. The molecule has 0 aliphatic carbocycles. The first kappa shape index (κ1) is 18.5. The summed E-state index contributed by atoms with van der Waals surface area (Å²) in [6.07, 6.45) is -3.58. The van der Waals surface area contributed by atoms with Crippen molar-refractivity contribution in [2.75, 3.05) is 6.61 Å². The van der Waals surface area contributed by atoms with Gasteiger partial charge in [-0.15, -0.1) is 0 Å². The normalized spacial score (nSPS) is 29.4. The molecule has 1 saturated heterocycles. The Balaban J connectivity index is 0.00000162. The van der Waals surface area contributed by atoms with Gasteiger partial charge in [-0.2, -0.15) is 0 Å². The molecule has 10 heteroatoms. The number of aliphatic hydroxyl groups is 3. The minimum atomic E-state index is -1.35. The van der Waals surface area contributed by atoms with Gasteiger partial charge in [-0.25, -0.2) is 4.79 Å². The van der Waals surface area contributed by atoms with Crippen LogP contribution in [0.3, 0.4) is 0 Å². The Morgan fingerprint density at radius 3 is 2.42 bits per heavy atom. The van der Waals surface area contributed by atoms with E-state index in [4.69, 9.17) is 9.84 Å². The Labute approximate surface area is 129 Å². The summed E-state index contributed by atoms with van der Waals surface area (Å²) in [5.74, 6) is 0. The number of H-pyrrole nitrogens is 1. The van der Waals surface area contributed by atoms with Crippen molar-refractivity contribution >= 4 is 29.6 Å². The average Bonchev–Trinajstić information content (AvgIpc) is 2.57. The van der Waals surface area contributed by atoms with E-state index in [-0.39, 0.29) is 35.0 Å². The molecule has 0 spiro atoms. The molecule has 0 saturated carbocycles. The maximum absolute atomic E-state index is 11.4. The third kappa shape index (κ3) is 3.52. The number of nitrogens with zero attached hydrogens (tertiary/aromatic N) is 1. The third-order valence-corrected chi connectivity index (χ3v) is 2.64. The number of hydrogen-bond acceptors (Lipinski definition) is 6. The summed E-state index contributed by atoms with van der Waals surface area (Å²) in [5.41, 5.74) is -1.33. The molecule has 19 heavy (non-hydrogen) atoms. The van der Waals surface area contributed by atoms with Crippen molar-refractivity contribution < 1.29 is 25.5 Å². The fourth-order valence-electron chi connectivity index (χ4n) is 1.74. The molecule has 0 radical (unpaired) electrons. The fraction of sp³-hybridized carbons (Fsp3) is 0.556. The second-order valence-electron chi connectivity index (χ2n) is 3.75. The predicted molar refractivity (Wildman–Crippen MR) is 65.1 cm³/mol. The van der Waals surface area contributed by atoms with E-state index in [1.54, 1.807) is 0 Å². The van der Waals surface area contributed by atoms with Crippen LogP contribution in [0, 0.1) is 0 Å². The van der Waals surface area contributed by atoms with E-state index < -0.39 is 42.4 Å². The molecule has 4 atom stereocenters. The van der Waals surface area contributed by atoms with Crippen LogP contribution in [0.4, 0.5) is 0 Å². The van der Waals surface area contributed by atoms with Gasteiger partial charge in [0.25, 0.3) is 5.56 Å². The van der Waals surface area contributed by atoms with Crippen molar-refractivity contribution in [1.29, 1.82) is 0 Å². The maximum atomic E-state index is 11.4. The van der Waals surface area contributed by atoms with E-state index in [1.165, 1.54) is 0 Å². The molecule has 1 aromatic heterocycles. The Morgan fingerprint density at radius 1 is 1.32 bits per heavy atom. The summed E-state index contributed by atoms with van der Waals surface area (Å²) in [6, 6.07) is 1.09. The third-order valence-electron chi connectivity index (χ3n) is 2.64. The topological polar surface area (TPSA) is 156 Å². The van der Waals surface area contributed by atoms with Gasteiger partial charge in [0.1, 0.15) is 18.3 Å². The summed E-state index contributed by atoms with van der Waals surface area (Å²) < 4.78 is 6.08. The van der Waals surface area contributed by atoms with Gasteiger partial charge in [0, 0.05) is 12.3 Å². The Morgan fingerprint density at radius 2 is 1.95 bits per heavy atom. The number of aliphatic hydroxyl groups excluding tert-OH is 3. The quantitative estimate of drug-likeness (QED) is 0.403. The van der Waals surface area contributed by atoms with E-state index in [2.05, 4.69) is 0 Å². The Hall–Kier alpha value is -0.520. The number of aromatic amines is 1. The molecule has 0 bridgehead atoms. The van der Waals surface area contributed by atoms with Crippen molar-refractivity contribution in [2.24, 2.45) is 0 Å². The molecule has 9 nitrogen and oxygen atoms in total. The van der Waals surface area contributed by atoms with Gasteiger partial charge in [0.15, 0.2) is 6.23 Å². The van der Waals surface area contributed by atoms with Crippen molar-refractivity contribution in [3.63, 3.8) is 0 Å². The van der Waals surface area contributed by atoms with Gasteiger partial charge in [0.2, 0.25) is 0 Å². The van der Waals surface area contributed by atoms with Crippen LogP contribution in [0.5, 0.6) is 0 Å². The molecular formula is C9H15N2NaO7. The zero-order valence-corrected chi connectivity index (χ0v) is 9.18. The standard InChI is InChI=1S/C9H12N2O6.Na.H2O.H/c12-3-4-6(14)7(15)8(17-4)11-2-1-5(13)10-9(11)16;;;/h1-2,4,6-8,12,14-15H,3H2,(H,10,13,16);;1H2;/t4-,6-,7-,8-;;;/m1.../s1. The van der Waals surface area contributed by atoms with Crippen molar-refractivity contribution in [3.05, 3.63) is 33.1 Å². The summed E-state index contributed by atoms with van der Waals surface area (Å²) in [5, 5.41) is 28.1. The van der Waals surface area contributed by atoms with Crippen LogP contribution < -0.4 is 11.2 Å². The average molecular weight is 286 g/mol. The van der Waals surface area contributed by atoms with Gasteiger partial charge >= 0.3 is 35.2 Å². The Bertz CT molecular complexity index is 516. The summed E-state index contributed by atoms with van der Waals surface area (Å²) in [7, 11) is 0. The molecule has 2 rings (SSSR count). The minimum absolute atomic E-state index is 0. The summed E-state index contributed by atoms with van der Waals surface area (Å²) in [6.45, 7) is -0.479. The van der Waals surface area contributed by atoms with Crippen molar-refractivity contribution in [3.8, 4) is 0 Å². The van der Waals surface area contributed by atoms with E-state index >= 15 is 0 Å². The molecule has 1 aliphatic rings. The predicted octanol–water partition coefficient (Wildman–Crippen LogP) is -4.33. The second kappa shape index (κ2) is 7.31. The summed E-state index contributed by atoms with van der Waals surface area (Å²) in [4.78, 5) is 24.3. The fourth-order valence-corrected chi connectivity index (χ4v) is 1.74. The van der Waals surface area contributed by atoms with Gasteiger partial charge in [0.05, 0.1) is 6.61 Å². The van der Waals surface area contributed by atoms with Crippen molar-refractivity contribution in [2.45, 2.75) is 24.5 Å². The number of rotatable bonds is 2. The molecule has 1 fully saturated rings. The number of ether oxygens (including phenoxy) is 1. The van der Waals surface area contributed by atoms with Crippen molar-refractivity contribution in [1.82, 2.24) is 9.55 Å². The number of hydrogen-bond donors (Lipinski definition) is 4. The van der Waals surface area contributed by atoms with Gasteiger partial charge in [-0.3, -0.25) is 14.3 Å². The number of nitrogens with one attached hydrogen (secondary N) is 1. The summed E-state index contributed by atoms with van der Waals surface area (Å²) >= 11 is 0. The first-order valence-corrected chi connectivity index (χ1v) is 4.98. The number of aromatic nitrogens is 2. The molecule has 1 aliphatic heterocycles. The van der Waals surface area contributed by atoms with E-state index in [0.717, 1.165) is 16.8 Å². The first-order valence-electron chi connectivity index (χ1n) is 4.98.